The minimum atomic E-state index is -3.64. The van der Waals surface area contributed by atoms with Crippen LogP contribution in [0.3, 0.4) is 0 Å². The number of sulfonamides is 1. The van der Waals surface area contributed by atoms with Crippen molar-refractivity contribution < 1.29 is 17.6 Å². The van der Waals surface area contributed by atoms with Crippen LogP contribution in [0.4, 0.5) is 5.69 Å². The molecule has 0 spiro atoms. The predicted molar refractivity (Wildman–Crippen MR) is 161 cm³/mol. The Balaban J connectivity index is 1.62. The van der Waals surface area contributed by atoms with Gasteiger partial charge in [0.2, 0.25) is 10.0 Å². The molecule has 0 fully saturated rings. The molecular formula is C31H27N5O4S. The number of carbonyl (C=O) groups is 1. The van der Waals surface area contributed by atoms with Gasteiger partial charge in [-0.1, -0.05) is 48.0 Å². The monoisotopic (exact) mass is 565 g/mol. The van der Waals surface area contributed by atoms with E-state index in [2.05, 4.69) is 15.4 Å². The molecule has 0 saturated carbocycles. The number of rotatable bonds is 6. The van der Waals surface area contributed by atoms with E-state index in [0.29, 0.717) is 44.9 Å². The average Bonchev–Trinajstić information content (AvgIpc) is 3.57. The van der Waals surface area contributed by atoms with Gasteiger partial charge in [0.25, 0.3) is 5.91 Å². The summed E-state index contributed by atoms with van der Waals surface area (Å²) in [7, 11) is -0.581. The number of amides is 1. The summed E-state index contributed by atoms with van der Waals surface area (Å²) in [5, 5.41) is 8.77. The summed E-state index contributed by atoms with van der Waals surface area (Å²) >= 11 is 0. The molecule has 6 aromatic rings. The highest BCUT2D eigenvalue weighted by molar-refractivity contribution is 7.92. The van der Waals surface area contributed by atoms with E-state index in [4.69, 9.17) is 4.42 Å². The van der Waals surface area contributed by atoms with Gasteiger partial charge in [0, 0.05) is 48.3 Å². The first-order valence-electron chi connectivity index (χ1n) is 12.9. The van der Waals surface area contributed by atoms with Crippen molar-refractivity contribution in [2.24, 2.45) is 0 Å². The third-order valence-corrected chi connectivity index (χ3v) is 8.35. The van der Waals surface area contributed by atoms with Gasteiger partial charge in [-0.2, -0.15) is 5.10 Å². The third kappa shape index (κ3) is 4.62. The fourth-order valence-corrected chi connectivity index (χ4v) is 5.43. The second-order valence-electron chi connectivity index (χ2n) is 9.87. The number of carbonyl (C=O) groups excluding carboxylic acids is 1. The van der Waals surface area contributed by atoms with E-state index in [1.54, 1.807) is 42.3 Å². The third-order valence-electron chi connectivity index (χ3n) is 7.16. The molecule has 0 bridgehead atoms. The molecule has 0 aliphatic rings. The van der Waals surface area contributed by atoms with Gasteiger partial charge in [-0.05, 0) is 36.8 Å². The number of pyridine rings is 1. The zero-order valence-electron chi connectivity index (χ0n) is 22.9. The molecular weight excluding hydrogens is 538 g/mol. The Morgan fingerprint density at radius 3 is 2.49 bits per heavy atom. The summed E-state index contributed by atoms with van der Waals surface area (Å²) in [6, 6.07) is 22.6. The highest BCUT2D eigenvalue weighted by atomic mass is 32.2. The number of aryl methyl sites for hydroxylation is 1. The number of hydrogen-bond donors (Lipinski definition) is 1. The number of hydrogen-bond acceptors (Lipinski definition) is 6. The zero-order chi connectivity index (χ0) is 28.9. The fraction of sp³-hybridized carbons (Fsp3) is 0.129. The lowest BCUT2D eigenvalue weighted by Gasteiger charge is -2.21. The van der Waals surface area contributed by atoms with Gasteiger partial charge < -0.3 is 9.73 Å². The van der Waals surface area contributed by atoms with Crippen LogP contribution < -0.4 is 9.62 Å². The summed E-state index contributed by atoms with van der Waals surface area (Å²) in [5.74, 6) is 0.659. The second kappa shape index (κ2) is 9.90. The summed E-state index contributed by atoms with van der Waals surface area (Å²) in [6.45, 7) is 1.98. The van der Waals surface area contributed by atoms with Crippen LogP contribution in [0, 0.1) is 6.92 Å². The number of furan rings is 1. The Kier molecular flexibility index (Phi) is 6.34. The summed E-state index contributed by atoms with van der Waals surface area (Å²) in [4.78, 5) is 17.7. The van der Waals surface area contributed by atoms with Crippen molar-refractivity contribution in [3.63, 3.8) is 0 Å². The van der Waals surface area contributed by atoms with Gasteiger partial charge in [-0.25, -0.2) is 18.1 Å². The molecule has 6 rings (SSSR count). The van der Waals surface area contributed by atoms with Crippen LogP contribution in [0.25, 0.3) is 50.1 Å². The Hall–Kier alpha value is -4.96. The van der Waals surface area contributed by atoms with Gasteiger partial charge in [-0.3, -0.25) is 9.10 Å². The van der Waals surface area contributed by atoms with E-state index in [1.807, 2.05) is 61.5 Å². The van der Waals surface area contributed by atoms with Crippen LogP contribution in [0.15, 0.2) is 89.6 Å². The lowest BCUT2D eigenvalue weighted by atomic mass is 9.98. The van der Waals surface area contributed by atoms with E-state index < -0.39 is 10.0 Å². The lowest BCUT2D eigenvalue weighted by molar-refractivity contribution is 0.0964. The number of aromatic nitrogens is 3. The Morgan fingerprint density at radius 2 is 1.76 bits per heavy atom. The first kappa shape index (κ1) is 26.3. The number of nitrogens with one attached hydrogen (secondary N) is 1. The highest BCUT2D eigenvalue weighted by Crippen LogP contribution is 2.41. The number of nitrogens with zero attached hydrogens (tertiary/aromatic N) is 4. The molecule has 3 heterocycles. The summed E-state index contributed by atoms with van der Waals surface area (Å²) < 4.78 is 34.7. The number of anilines is 1. The normalized spacial score (nSPS) is 11.7. The van der Waals surface area contributed by atoms with Crippen molar-refractivity contribution in [3.05, 3.63) is 96.3 Å². The Morgan fingerprint density at radius 1 is 1.00 bits per heavy atom. The molecule has 0 aliphatic heterocycles. The topological polar surface area (TPSA) is 110 Å². The standard InChI is InChI=1S/C31H27N5O4S/c1-19-9-11-20(12-10-19)30-29(31(37)32-2)24-16-23(26(17-27(24)40-30)35(3)41(4,38)39)21-13-14-33-28(15-21)36-25-8-6-5-7-22(25)18-34-36/h5-18H,1-4H3,(H,32,37). The molecule has 3 aromatic carbocycles. The fourth-order valence-electron chi connectivity index (χ4n) is 4.92. The van der Waals surface area contributed by atoms with Crippen LogP contribution >= 0.6 is 0 Å². The van der Waals surface area contributed by atoms with Gasteiger partial charge in [-0.15, -0.1) is 0 Å². The number of para-hydroxylation sites is 1. The van der Waals surface area contributed by atoms with Crippen molar-refractivity contribution in [2.45, 2.75) is 6.92 Å². The van der Waals surface area contributed by atoms with Gasteiger partial charge in [0.15, 0.2) is 5.82 Å². The average molecular weight is 566 g/mol. The van der Waals surface area contributed by atoms with Crippen LogP contribution in [0.1, 0.15) is 15.9 Å². The molecule has 1 N–H and O–H groups in total. The molecule has 41 heavy (non-hydrogen) atoms. The van der Waals surface area contributed by atoms with Crippen LogP contribution in [-0.2, 0) is 10.0 Å². The van der Waals surface area contributed by atoms with Gasteiger partial charge in [0.1, 0.15) is 11.3 Å². The minimum Gasteiger partial charge on any atom is -0.455 e. The lowest BCUT2D eigenvalue weighted by Crippen LogP contribution is -2.25. The van der Waals surface area contributed by atoms with E-state index in [1.165, 1.54) is 11.4 Å². The van der Waals surface area contributed by atoms with Crippen LogP contribution in [0.5, 0.6) is 0 Å². The van der Waals surface area contributed by atoms with Gasteiger partial charge in [0.05, 0.1) is 29.2 Å². The van der Waals surface area contributed by atoms with Crippen molar-refractivity contribution in [2.75, 3.05) is 24.7 Å². The number of fused-ring (bicyclic) bond motifs is 2. The molecule has 0 saturated heterocycles. The highest BCUT2D eigenvalue weighted by Gasteiger charge is 2.26. The first-order valence-corrected chi connectivity index (χ1v) is 14.7. The van der Waals surface area contributed by atoms with Crippen molar-refractivity contribution in [3.8, 4) is 28.3 Å². The van der Waals surface area contributed by atoms with E-state index in [9.17, 15) is 13.2 Å². The molecule has 206 valence electrons. The van der Waals surface area contributed by atoms with Gasteiger partial charge >= 0.3 is 0 Å². The second-order valence-corrected chi connectivity index (χ2v) is 11.9. The molecule has 0 radical (unpaired) electrons. The predicted octanol–water partition coefficient (Wildman–Crippen LogP) is 5.56. The first-order chi connectivity index (χ1) is 19.7. The Bertz CT molecular complexity index is 2060. The minimum absolute atomic E-state index is 0.312. The van der Waals surface area contributed by atoms with Crippen molar-refractivity contribution in [1.29, 1.82) is 0 Å². The summed E-state index contributed by atoms with van der Waals surface area (Å²) in [5.41, 5.74) is 5.14. The molecule has 0 unspecified atom stereocenters. The summed E-state index contributed by atoms with van der Waals surface area (Å²) in [6.07, 6.45) is 4.57. The molecule has 0 atom stereocenters. The Labute approximate surface area is 237 Å². The molecule has 9 nitrogen and oxygen atoms in total. The maximum absolute atomic E-state index is 13.2. The maximum atomic E-state index is 13.2. The molecule has 10 heteroatoms. The SMILES string of the molecule is CNC(=O)c1c(-c2ccc(C)cc2)oc2cc(N(C)S(C)(=O)=O)c(-c3ccnc(-n4ncc5ccccc54)c3)cc12. The number of benzene rings is 3. The van der Waals surface area contributed by atoms with Crippen molar-refractivity contribution >= 4 is 43.5 Å². The smallest absolute Gasteiger partial charge is 0.255 e. The largest absolute Gasteiger partial charge is 0.455 e. The van der Waals surface area contributed by atoms with E-state index >= 15 is 0 Å². The van der Waals surface area contributed by atoms with E-state index in [-0.39, 0.29) is 5.91 Å². The molecule has 0 aliphatic carbocycles. The van der Waals surface area contributed by atoms with Crippen LogP contribution in [-0.4, -0.2) is 49.4 Å². The van der Waals surface area contributed by atoms with E-state index in [0.717, 1.165) is 28.3 Å². The maximum Gasteiger partial charge on any atom is 0.255 e. The van der Waals surface area contributed by atoms with Crippen molar-refractivity contribution in [1.82, 2.24) is 20.1 Å². The quantitative estimate of drug-likeness (QED) is 0.283. The van der Waals surface area contributed by atoms with Crippen LogP contribution in [0.2, 0.25) is 0 Å². The molecule has 3 aromatic heterocycles. The zero-order valence-corrected chi connectivity index (χ0v) is 23.7. The molecule has 1 amide bonds.